The van der Waals surface area contributed by atoms with Gasteiger partial charge in [0.05, 0.1) is 0 Å². The average molecular weight is 141 g/mol. The Morgan fingerprint density at radius 1 is 1.50 bits per heavy atom. The third-order valence-corrected chi connectivity index (χ3v) is 0.904. The first-order chi connectivity index (χ1) is 4.66. The number of nitrogens with one attached hydrogen (secondary N) is 1. The van der Waals surface area contributed by atoms with Crippen molar-refractivity contribution in [3.63, 3.8) is 0 Å². The summed E-state index contributed by atoms with van der Waals surface area (Å²) in [5, 5.41) is 2.89. The lowest BCUT2D eigenvalue weighted by atomic mass is 10.3. The molecule has 0 heterocycles. The van der Waals surface area contributed by atoms with Crippen molar-refractivity contribution < 1.29 is 4.39 Å². The van der Waals surface area contributed by atoms with E-state index >= 15 is 0 Å². The van der Waals surface area contributed by atoms with Crippen LogP contribution in [0.4, 0.5) is 4.39 Å². The van der Waals surface area contributed by atoms with Gasteiger partial charge in [-0.15, -0.1) is 0 Å². The summed E-state index contributed by atoms with van der Waals surface area (Å²) in [5.41, 5.74) is 0.835. The Balaban J connectivity index is 3.67. The molecular weight excluding hydrogens is 129 g/mol. The lowest BCUT2D eigenvalue weighted by Gasteiger charge is -1.94. The van der Waals surface area contributed by atoms with Crippen LogP contribution in [0.1, 0.15) is 0 Å². The fraction of sp³-hybridized carbons (Fsp3) is 0.250. The summed E-state index contributed by atoms with van der Waals surface area (Å²) >= 11 is 0. The zero-order chi connectivity index (χ0) is 7.98. The molecule has 1 nitrogen and oxygen atoms in total. The van der Waals surface area contributed by atoms with Crippen LogP contribution < -0.4 is 5.32 Å². The standard InChI is InChI=1S/C8H12FN/c1-7(6-10-3)4-5-8(2)9/h4-5,10H,1-2,6H2,3H3/b5-4-. The van der Waals surface area contributed by atoms with Gasteiger partial charge in [0.1, 0.15) is 5.83 Å². The number of halogens is 1. The summed E-state index contributed by atoms with van der Waals surface area (Å²) in [7, 11) is 1.81. The number of rotatable bonds is 4. The second-order valence-corrected chi connectivity index (χ2v) is 1.97. The van der Waals surface area contributed by atoms with Gasteiger partial charge in [-0.2, -0.15) is 0 Å². The van der Waals surface area contributed by atoms with Crippen molar-refractivity contribution in [1.29, 1.82) is 0 Å². The van der Waals surface area contributed by atoms with Gasteiger partial charge in [-0.25, -0.2) is 4.39 Å². The first-order valence-electron chi connectivity index (χ1n) is 3.01. The van der Waals surface area contributed by atoms with Gasteiger partial charge in [0.2, 0.25) is 0 Å². The molecule has 0 amide bonds. The zero-order valence-electron chi connectivity index (χ0n) is 6.15. The summed E-state index contributed by atoms with van der Waals surface area (Å²) in [5.74, 6) is -0.447. The number of allylic oxidation sites excluding steroid dienone is 2. The maximum absolute atomic E-state index is 12.0. The van der Waals surface area contributed by atoms with E-state index in [1.807, 2.05) is 7.05 Å². The largest absolute Gasteiger partial charge is 0.316 e. The molecule has 10 heavy (non-hydrogen) atoms. The van der Waals surface area contributed by atoms with Gasteiger partial charge < -0.3 is 5.32 Å². The van der Waals surface area contributed by atoms with E-state index in [4.69, 9.17) is 0 Å². The van der Waals surface area contributed by atoms with Crippen LogP contribution in [0.5, 0.6) is 0 Å². The third kappa shape index (κ3) is 5.25. The van der Waals surface area contributed by atoms with Crippen molar-refractivity contribution in [2.24, 2.45) is 0 Å². The molecule has 0 fully saturated rings. The average Bonchev–Trinajstić information content (AvgIpc) is 1.85. The van der Waals surface area contributed by atoms with E-state index in [-0.39, 0.29) is 0 Å². The molecule has 0 aromatic rings. The predicted molar refractivity (Wildman–Crippen MR) is 42.5 cm³/mol. The van der Waals surface area contributed by atoms with E-state index in [0.29, 0.717) is 6.54 Å². The molecule has 56 valence electrons. The monoisotopic (exact) mass is 141 g/mol. The number of hydrogen-bond donors (Lipinski definition) is 1. The van der Waals surface area contributed by atoms with Crippen molar-refractivity contribution in [3.05, 3.63) is 36.7 Å². The second kappa shape index (κ2) is 4.94. The second-order valence-electron chi connectivity index (χ2n) is 1.97. The smallest absolute Gasteiger partial charge is 0.116 e. The van der Waals surface area contributed by atoms with Crippen LogP contribution in [0, 0.1) is 0 Å². The molecule has 0 bridgehead atoms. The van der Waals surface area contributed by atoms with Crippen molar-refractivity contribution in [3.8, 4) is 0 Å². The van der Waals surface area contributed by atoms with Gasteiger partial charge in [-0.3, -0.25) is 0 Å². The molecular formula is C8H12FN. The Hall–Kier alpha value is -0.890. The molecule has 0 atom stereocenters. The molecule has 0 aromatic carbocycles. The summed E-state index contributed by atoms with van der Waals surface area (Å²) in [6, 6.07) is 0. The third-order valence-electron chi connectivity index (χ3n) is 0.904. The predicted octanol–water partition coefficient (Wildman–Crippen LogP) is 1.80. The summed E-state index contributed by atoms with van der Waals surface area (Å²) < 4.78 is 12.0. The normalized spacial score (nSPS) is 10.2. The maximum Gasteiger partial charge on any atom is 0.116 e. The minimum atomic E-state index is -0.447. The molecule has 1 N–H and O–H groups in total. The van der Waals surface area contributed by atoms with Crippen LogP contribution in [0.25, 0.3) is 0 Å². The lowest BCUT2D eigenvalue weighted by molar-refractivity contribution is 0.671. The fourth-order valence-corrected chi connectivity index (χ4v) is 0.494. The van der Waals surface area contributed by atoms with Crippen LogP contribution >= 0.6 is 0 Å². The van der Waals surface area contributed by atoms with E-state index in [9.17, 15) is 4.39 Å². The van der Waals surface area contributed by atoms with Gasteiger partial charge in [0.15, 0.2) is 0 Å². The van der Waals surface area contributed by atoms with Crippen LogP contribution in [0.15, 0.2) is 36.7 Å². The zero-order valence-corrected chi connectivity index (χ0v) is 6.15. The summed E-state index contributed by atoms with van der Waals surface area (Å²) in [6.45, 7) is 7.40. The summed E-state index contributed by atoms with van der Waals surface area (Å²) in [6.07, 6.45) is 2.89. The highest BCUT2D eigenvalue weighted by molar-refractivity contribution is 5.21. The molecule has 0 saturated heterocycles. The van der Waals surface area contributed by atoms with E-state index in [2.05, 4.69) is 18.5 Å². The Bertz CT molecular complexity index is 159. The SMILES string of the molecule is C=C(F)/C=C\C(=C)CNC. The summed E-state index contributed by atoms with van der Waals surface area (Å²) in [4.78, 5) is 0. The number of hydrogen-bond acceptors (Lipinski definition) is 1. The van der Waals surface area contributed by atoms with Gasteiger partial charge in [0, 0.05) is 6.54 Å². The van der Waals surface area contributed by atoms with Crippen molar-refractivity contribution >= 4 is 0 Å². The van der Waals surface area contributed by atoms with Crippen LogP contribution in [0.2, 0.25) is 0 Å². The molecule has 0 aliphatic rings. The molecule has 0 saturated carbocycles. The molecule has 0 radical (unpaired) electrons. The highest BCUT2D eigenvalue weighted by Crippen LogP contribution is 1.97. The molecule has 0 aromatic heterocycles. The highest BCUT2D eigenvalue weighted by atomic mass is 19.1. The van der Waals surface area contributed by atoms with E-state index < -0.39 is 5.83 Å². The molecule has 0 rings (SSSR count). The Morgan fingerprint density at radius 2 is 2.10 bits per heavy atom. The van der Waals surface area contributed by atoms with Crippen LogP contribution in [-0.2, 0) is 0 Å². The van der Waals surface area contributed by atoms with Crippen molar-refractivity contribution in [1.82, 2.24) is 5.32 Å². The van der Waals surface area contributed by atoms with Crippen molar-refractivity contribution in [2.75, 3.05) is 13.6 Å². The fourth-order valence-electron chi connectivity index (χ4n) is 0.494. The van der Waals surface area contributed by atoms with E-state index in [0.717, 1.165) is 5.57 Å². The number of likely N-dealkylation sites (N-methyl/N-ethyl adjacent to an activating group) is 1. The minimum absolute atomic E-state index is 0.447. The van der Waals surface area contributed by atoms with Gasteiger partial charge in [0.25, 0.3) is 0 Å². The van der Waals surface area contributed by atoms with Gasteiger partial charge in [-0.1, -0.05) is 19.2 Å². The maximum atomic E-state index is 12.0. The van der Waals surface area contributed by atoms with Crippen LogP contribution in [-0.4, -0.2) is 13.6 Å². The first-order valence-corrected chi connectivity index (χ1v) is 3.01. The molecule has 0 aliphatic heterocycles. The molecule has 2 heteroatoms. The van der Waals surface area contributed by atoms with Gasteiger partial charge in [-0.05, 0) is 18.7 Å². The Kier molecular flexibility index (Phi) is 4.50. The Labute approximate surface area is 60.9 Å². The molecule has 0 spiro atoms. The quantitative estimate of drug-likeness (QED) is 0.589. The molecule has 0 unspecified atom stereocenters. The van der Waals surface area contributed by atoms with E-state index in [1.54, 1.807) is 6.08 Å². The van der Waals surface area contributed by atoms with Crippen molar-refractivity contribution in [2.45, 2.75) is 0 Å². The minimum Gasteiger partial charge on any atom is -0.316 e. The highest BCUT2D eigenvalue weighted by Gasteiger charge is 1.84. The topological polar surface area (TPSA) is 12.0 Å². The van der Waals surface area contributed by atoms with Crippen LogP contribution in [0.3, 0.4) is 0 Å². The van der Waals surface area contributed by atoms with Gasteiger partial charge >= 0.3 is 0 Å². The first kappa shape index (κ1) is 9.11. The lowest BCUT2D eigenvalue weighted by Crippen LogP contribution is -2.08. The molecule has 0 aliphatic carbocycles. The Morgan fingerprint density at radius 3 is 2.50 bits per heavy atom. The van der Waals surface area contributed by atoms with E-state index in [1.165, 1.54) is 6.08 Å².